The summed E-state index contributed by atoms with van der Waals surface area (Å²) in [6.07, 6.45) is 2.19. The van der Waals surface area contributed by atoms with Gasteiger partial charge in [0.05, 0.1) is 5.02 Å². The van der Waals surface area contributed by atoms with Gasteiger partial charge in [-0.2, -0.15) is 0 Å². The first-order valence-corrected chi connectivity index (χ1v) is 9.57. The minimum Gasteiger partial charge on any atom is -0.337 e. The number of halogens is 2. The Hall–Kier alpha value is -1.34. The van der Waals surface area contributed by atoms with E-state index >= 15 is 0 Å². The number of piperidine rings is 1. The van der Waals surface area contributed by atoms with E-state index in [1.54, 1.807) is 6.07 Å². The zero-order chi connectivity index (χ0) is 17.6. The van der Waals surface area contributed by atoms with E-state index in [2.05, 4.69) is 15.5 Å². The molecule has 8 heteroatoms. The number of amides is 1. The van der Waals surface area contributed by atoms with Crippen molar-refractivity contribution in [2.75, 3.05) is 26.7 Å². The van der Waals surface area contributed by atoms with Gasteiger partial charge in [-0.3, -0.25) is 4.79 Å². The second-order valence-corrected chi connectivity index (χ2v) is 7.58. The van der Waals surface area contributed by atoms with Crippen LogP contribution in [-0.2, 0) is 0 Å². The summed E-state index contributed by atoms with van der Waals surface area (Å²) in [5.74, 6) is 0.466. The van der Waals surface area contributed by atoms with E-state index in [1.165, 1.54) is 11.8 Å². The van der Waals surface area contributed by atoms with Crippen LogP contribution in [0.2, 0.25) is 5.02 Å². The largest absolute Gasteiger partial charge is 0.337 e. The van der Waals surface area contributed by atoms with Crippen molar-refractivity contribution in [3.8, 4) is 0 Å². The molecule has 3 rings (SSSR count). The van der Waals surface area contributed by atoms with Gasteiger partial charge in [-0.05, 0) is 56.6 Å². The Bertz CT molecular complexity index is 727. The van der Waals surface area contributed by atoms with E-state index in [4.69, 9.17) is 11.6 Å². The van der Waals surface area contributed by atoms with Crippen LogP contribution in [0.15, 0.2) is 46.3 Å². The first-order chi connectivity index (χ1) is 12.2. The van der Waals surface area contributed by atoms with E-state index < -0.39 is 0 Å². The first kappa shape index (κ1) is 21.0. The van der Waals surface area contributed by atoms with Crippen LogP contribution in [0.5, 0.6) is 0 Å². The maximum absolute atomic E-state index is 12.6. The molecule has 1 aromatic heterocycles. The number of benzene rings is 1. The van der Waals surface area contributed by atoms with Gasteiger partial charge in [-0.1, -0.05) is 35.5 Å². The van der Waals surface area contributed by atoms with Crippen LogP contribution >= 0.6 is 35.8 Å². The fraction of sp³-hybridized carbons (Fsp3) is 0.389. The summed E-state index contributed by atoms with van der Waals surface area (Å²) in [7, 11) is 1.95. The molecule has 1 aliphatic heterocycles. The fourth-order valence-corrected chi connectivity index (χ4v) is 4.00. The molecule has 1 unspecified atom stereocenters. The average molecular weight is 413 g/mol. The van der Waals surface area contributed by atoms with Crippen molar-refractivity contribution in [2.45, 2.75) is 22.8 Å². The molecular formula is C18H22Cl2N4OS. The highest BCUT2D eigenvalue weighted by molar-refractivity contribution is 7.99. The van der Waals surface area contributed by atoms with Crippen molar-refractivity contribution in [3.05, 3.63) is 47.1 Å². The molecule has 140 valence electrons. The van der Waals surface area contributed by atoms with Crippen molar-refractivity contribution in [2.24, 2.45) is 5.92 Å². The summed E-state index contributed by atoms with van der Waals surface area (Å²) in [6.45, 7) is 2.50. The van der Waals surface area contributed by atoms with E-state index in [0.717, 1.165) is 42.4 Å². The van der Waals surface area contributed by atoms with Gasteiger partial charge >= 0.3 is 0 Å². The molecule has 0 spiro atoms. The molecular weight excluding hydrogens is 391 g/mol. The van der Waals surface area contributed by atoms with Crippen LogP contribution in [-0.4, -0.2) is 47.7 Å². The standard InChI is InChI=1S/C18H21ClN4OS.ClH/c1-20-11-13-5-4-10-23(12-13)18(24)15-8-9-17(22-21-15)25-16-7-3-2-6-14(16)19;/h2-3,6-9,13,20H,4-5,10-12H2,1H3;1H. The lowest BCUT2D eigenvalue weighted by Gasteiger charge is -2.32. The molecule has 2 aromatic rings. The highest BCUT2D eigenvalue weighted by Crippen LogP contribution is 2.31. The second-order valence-electron chi connectivity index (χ2n) is 6.11. The third-order valence-electron chi connectivity index (χ3n) is 4.21. The van der Waals surface area contributed by atoms with Crippen molar-refractivity contribution in [1.29, 1.82) is 0 Å². The number of hydrogen-bond donors (Lipinski definition) is 1. The third kappa shape index (κ3) is 5.33. The Kier molecular flexibility index (Phi) is 8.15. The second kappa shape index (κ2) is 10.1. The lowest BCUT2D eigenvalue weighted by atomic mass is 9.98. The Balaban J connectivity index is 0.00000243. The number of hydrogen-bond acceptors (Lipinski definition) is 5. The molecule has 0 radical (unpaired) electrons. The molecule has 0 saturated carbocycles. The van der Waals surface area contributed by atoms with Crippen LogP contribution in [0, 0.1) is 5.92 Å². The van der Waals surface area contributed by atoms with Gasteiger partial charge in [0.25, 0.3) is 5.91 Å². The molecule has 1 fully saturated rings. The lowest BCUT2D eigenvalue weighted by molar-refractivity contribution is 0.0667. The number of nitrogens with zero attached hydrogens (tertiary/aromatic N) is 3. The van der Waals surface area contributed by atoms with Gasteiger partial charge in [-0.15, -0.1) is 22.6 Å². The topological polar surface area (TPSA) is 58.1 Å². The molecule has 0 aliphatic carbocycles. The molecule has 0 bridgehead atoms. The van der Waals surface area contributed by atoms with Gasteiger partial charge in [0.1, 0.15) is 5.03 Å². The van der Waals surface area contributed by atoms with E-state index in [-0.39, 0.29) is 18.3 Å². The zero-order valence-corrected chi connectivity index (χ0v) is 16.9. The molecule has 1 atom stereocenters. The maximum Gasteiger partial charge on any atom is 0.274 e. The minimum atomic E-state index is -0.0393. The zero-order valence-electron chi connectivity index (χ0n) is 14.5. The van der Waals surface area contributed by atoms with Gasteiger partial charge in [0.15, 0.2) is 5.69 Å². The smallest absolute Gasteiger partial charge is 0.274 e. The van der Waals surface area contributed by atoms with Crippen molar-refractivity contribution in [1.82, 2.24) is 20.4 Å². The Morgan fingerprint density at radius 2 is 2.12 bits per heavy atom. The molecule has 2 heterocycles. The number of aromatic nitrogens is 2. The normalized spacial score (nSPS) is 16.8. The predicted octanol–water partition coefficient (Wildman–Crippen LogP) is 3.77. The predicted molar refractivity (Wildman–Crippen MR) is 107 cm³/mol. The number of carbonyl (C=O) groups is 1. The van der Waals surface area contributed by atoms with Crippen LogP contribution in [0.4, 0.5) is 0 Å². The average Bonchev–Trinajstić information content (AvgIpc) is 2.64. The highest BCUT2D eigenvalue weighted by Gasteiger charge is 2.25. The summed E-state index contributed by atoms with van der Waals surface area (Å²) >= 11 is 7.60. The van der Waals surface area contributed by atoms with Gasteiger partial charge in [-0.25, -0.2) is 0 Å². The molecule has 1 aliphatic rings. The molecule has 26 heavy (non-hydrogen) atoms. The van der Waals surface area contributed by atoms with Crippen molar-refractivity contribution >= 4 is 41.7 Å². The molecule has 1 aromatic carbocycles. The summed E-state index contributed by atoms with van der Waals surface area (Å²) < 4.78 is 0. The quantitative estimate of drug-likeness (QED) is 0.809. The van der Waals surface area contributed by atoms with Crippen LogP contribution in [0.1, 0.15) is 23.3 Å². The third-order valence-corrected chi connectivity index (χ3v) is 5.65. The van der Waals surface area contributed by atoms with E-state index in [0.29, 0.717) is 16.6 Å². The van der Waals surface area contributed by atoms with Crippen LogP contribution < -0.4 is 5.32 Å². The molecule has 1 saturated heterocycles. The van der Waals surface area contributed by atoms with Crippen LogP contribution in [0.3, 0.4) is 0 Å². The fourth-order valence-electron chi connectivity index (χ4n) is 3.00. The lowest BCUT2D eigenvalue weighted by Crippen LogP contribution is -2.42. The first-order valence-electron chi connectivity index (χ1n) is 8.37. The Labute approximate surface area is 169 Å². The number of nitrogens with one attached hydrogen (secondary N) is 1. The Morgan fingerprint density at radius 3 is 2.81 bits per heavy atom. The summed E-state index contributed by atoms with van der Waals surface area (Å²) in [4.78, 5) is 15.5. The van der Waals surface area contributed by atoms with E-state index in [9.17, 15) is 4.79 Å². The van der Waals surface area contributed by atoms with Gasteiger partial charge in [0.2, 0.25) is 0 Å². The maximum atomic E-state index is 12.6. The number of likely N-dealkylation sites (tertiary alicyclic amines) is 1. The minimum absolute atomic E-state index is 0. The van der Waals surface area contributed by atoms with Gasteiger partial charge < -0.3 is 10.2 Å². The molecule has 5 nitrogen and oxygen atoms in total. The van der Waals surface area contributed by atoms with Crippen molar-refractivity contribution < 1.29 is 4.79 Å². The number of rotatable bonds is 5. The van der Waals surface area contributed by atoms with Gasteiger partial charge in [0, 0.05) is 18.0 Å². The van der Waals surface area contributed by atoms with E-state index in [1.807, 2.05) is 42.3 Å². The van der Waals surface area contributed by atoms with Crippen LogP contribution in [0.25, 0.3) is 0 Å². The summed E-state index contributed by atoms with van der Waals surface area (Å²) in [6, 6.07) is 11.2. The monoisotopic (exact) mass is 412 g/mol. The summed E-state index contributed by atoms with van der Waals surface area (Å²) in [5, 5.41) is 12.9. The highest BCUT2D eigenvalue weighted by atomic mass is 35.5. The SMILES string of the molecule is CNCC1CCCN(C(=O)c2ccc(Sc3ccccc3Cl)nn2)C1.Cl. The van der Waals surface area contributed by atoms with Crippen molar-refractivity contribution in [3.63, 3.8) is 0 Å². The number of carbonyl (C=O) groups excluding carboxylic acids is 1. The molecule has 1 amide bonds. The Morgan fingerprint density at radius 1 is 1.31 bits per heavy atom. The molecule has 1 N–H and O–H groups in total. The summed E-state index contributed by atoms with van der Waals surface area (Å²) in [5.41, 5.74) is 0.397.